The number of unbranched alkanes of at least 4 members (excludes halogenated alkanes) is 2. The molecular formula is C18H36O8. The van der Waals surface area contributed by atoms with Gasteiger partial charge in [-0.3, -0.25) is 4.79 Å². The quantitative estimate of drug-likeness (QED) is 0.248. The number of esters is 2. The molecule has 0 aliphatic carbocycles. The number of aliphatic hydroxyl groups excluding tert-OH is 3. The maximum atomic E-state index is 10.9. The second-order valence-corrected chi connectivity index (χ2v) is 4.83. The highest BCUT2D eigenvalue weighted by Gasteiger charge is 2.01. The monoisotopic (exact) mass is 380 g/mol. The third-order valence-corrected chi connectivity index (χ3v) is 2.46. The lowest BCUT2D eigenvalue weighted by Gasteiger charge is -2.03. The van der Waals surface area contributed by atoms with Crippen molar-refractivity contribution < 1.29 is 39.1 Å². The van der Waals surface area contributed by atoms with Gasteiger partial charge in [0.05, 0.1) is 52.7 Å². The number of rotatable bonds is 13. The van der Waals surface area contributed by atoms with Gasteiger partial charge in [0.25, 0.3) is 0 Å². The van der Waals surface area contributed by atoms with Gasteiger partial charge in [0.2, 0.25) is 0 Å². The van der Waals surface area contributed by atoms with Crippen LogP contribution in [0.4, 0.5) is 0 Å². The summed E-state index contributed by atoms with van der Waals surface area (Å²) in [5.41, 5.74) is 0. The Kier molecular flexibility index (Phi) is 31.9. The van der Waals surface area contributed by atoms with E-state index in [1.165, 1.54) is 6.08 Å². The minimum atomic E-state index is -0.330. The summed E-state index contributed by atoms with van der Waals surface area (Å²) in [7, 11) is 0. The molecule has 0 rings (SSSR count). The molecule has 0 aromatic heterocycles. The molecule has 0 spiro atoms. The van der Waals surface area contributed by atoms with Gasteiger partial charge < -0.3 is 29.5 Å². The lowest BCUT2D eigenvalue weighted by Crippen LogP contribution is -2.10. The van der Waals surface area contributed by atoms with E-state index < -0.39 is 0 Å². The molecule has 0 aliphatic heterocycles. The van der Waals surface area contributed by atoms with Crippen LogP contribution in [0.15, 0.2) is 12.7 Å². The summed E-state index contributed by atoms with van der Waals surface area (Å²) in [4.78, 5) is 21.3. The second kappa shape index (κ2) is 28.3. The van der Waals surface area contributed by atoms with Crippen LogP contribution in [0, 0.1) is 0 Å². The van der Waals surface area contributed by atoms with Gasteiger partial charge in [0.15, 0.2) is 0 Å². The highest BCUT2D eigenvalue weighted by atomic mass is 16.5. The smallest absolute Gasteiger partial charge is 0.330 e. The standard InChI is InChI=1S/C9H18O4.C7H12O2.C2H6O2/c1-2-3-6-13-9(11)4-7-12-8-5-10;1-3-5-6-9-7(8)4-2;3-1-2-4/h10H,2-8H2,1H3;4H,2-3,5-6H2,1H3;3-4H,1-2H2. The third-order valence-electron chi connectivity index (χ3n) is 2.46. The van der Waals surface area contributed by atoms with E-state index in [9.17, 15) is 9.59 Å². The Morgan fingerprint density at radius 2 is 1.38 bits per heavy atom. The van der Waals surface area contributed by atoms with Gasteiger partial charge >= 0.3 is 11.9 Å². The van der Waals surface area contributed by atoms with E-state index in [2.05, 4.69) is 11.3 Å². The molecule has 8 nitrogen and oxygen atoms in total. The molecule has 26 heavy (non-hydrogen) atoms. The number of aliphatic hydroxyl groups is 3. The van der Waals surface area contributed by atoms with E-state index in [0.29, 0.717) is 19.8 Å². The predicted octanol–water partition coefficient (Wildman–Crippen LogP) is 1.22. The van der Waals surface area contributed by atoms with Gasteiger partial charge in [-0.25, -0.2) is 4.79 Å². The summed E-state index contributed by atoms with van der Waals surface area (Å²) in [6.45, 7) is 8.70. The first kappa shape index (κ1) is 29.3. The van der Waals surface area contributed by atoms with Gasteiger partial charge in [0, 0.05) is 6.08 Å². The van der Waals surface area contributed by atoms with Crippen LogP contribution < -0.4 is 0 Å². The molecule has 0 saturated carbocycles. The molecule has 0 aromatic carbocycles. The highest BCUT2D eigenvalue weighted by molar-refractivity contribution is 5.81. The maximum absolute atomic E-state index is 10.9. The fourth-order valence-corrected chi connectivity index (χ4v) is 1.10. The molecule has 156 valence electrons. The van der Waals surface area contributed by atoms with Gasteiger partial charge in [-0.1, -0.05) is 33.3 Å². The average Bonchev–Trinajstić information content (AvgIpc) is 2.66. The van der Waals surface area contributed by atoms with Crippen LogP contribution in [0.2, 0.25) is 0 Å². The van der Waals surface area contributed by atoms with Gasteiger partial charge in [0.1, 0.15) is 0 Å². The zero-order valence-corrected chi connectivity index (χ0v) is 16.2. The van der Waals surface area contributed by atoms with Gasteiger partial charge in [-0.15, -0.1) is 0 Å². The van der Waals surface area contributed by atoms with Crippen molar-refractivity contribution in [1.82, 2.24) is 0 Å². The fraction of sp³-hybridized carbons (Fsp3) is 0.778. The molecular weight excluding hydrogens is 344 g/mol. The third kappa shape index (κ3) is 34.0. The minimum Gasteiger partial charge on any atom is -0.466 e. The van der Waals surface area contributed by atoms with E-state index in [0.717, 1.165) is 25.7 Å². The molecule has 0 bridgehead atoms. The molecule has 0 saturated heterocycles. The van der Waals surface area contributed by atoms with Crippen LogP contribution in [0.1, 0.15) is 46.0 Å². The molecule has 3 N–H and O–H groups in total. The summed E-state index contributed by atoms with van der Waals surface area (Å²) >= 11 is 0. The normalized spacial score (nSPS) is 9.12. The SMILES string of the molecule is C=CC(=O)OCCCC.CCCCOC(=O)CCOCCO.OCCO. The van der Waals surface area contributed by atoms with Crippen molar-refractivity contribution in [3.05, 3.63) is 12.7 Å². The molecule has 8 heteroatoms. The number of hydrogen-bond acceptors (Lipinski definition) is 8. The predicted molar refractivity (Wildman–Crippen MR) is 98.6 cm³/mol. The number of ether oxygens (including phenoxy) is 3. The van der Waals surface area contributed by atoms with Crippen molar-refractivity contribution in [2.75, 3.05) is 46.2 Å². The van der Waals surface area contributed by atoms with Crippen LogP contribution in [0.25, 0.3) is 0 Å². The molecule has 0 amide bonds. The molecule has 0 radical (unpaired) electrons. The molecule has 0 heterocycles. The minimum absolute atomic E-state index is 0.00905. The second-order valence-electron chi connectivity index (χ2n) is 4.83. The van der Waals surface area contributed by atoms with Crippen molar-refractivity contribution in [2.45, 2.75) is 46.0 Å². The lowest BCUT2D eigenvalue weighted by atomic mass is 10.4. The topological polar surface area (TPSA) is 123 Å². The van der Waals surface area contributed by atoms with E-state index in [-0.39, 0.29) is 44.8 Å². The molecule has 0 aliphatic rings. The largest absolute Gasteiger partial charge is 0.466 e. The Bertz CT molecular complexity index is 306. The lowest BCUT2D eigenvalue weighted by molar-refractivity contribution is -0.145. The Labute approximate surface area is 156 Å². The Hall–Kier alpha value is -1.48. The van der Waals surface area contributed by atoms with E-state index in [1.54, 1.807) is 0 Å². The average molecular weight is 380 g/mol. The van der Waals surface area contributed by atoms with Crippen LogP contribution in [-0.4, -0.2) is 73.5 Å². The Morgan fingerprint density at radius 1 is 0.846 bits per heavy atom. The zero-order chi connectivity index (χ0) is 20.5. The van der Waals surface area contributed by atoms with Crippen LogP contribution >= 0.6 is 0 Å². The summed E-state index contributed by atoms with van der Waals surface area (Å²) in [5.74, 6) is -0.560. The summed E-state index contributed by atoms with van der Waals surface area (Å²) in [6, 6.07) is 0. The van der Waals surface area contributed by atoms with Crippen molar-refractivity contribution in [3.63, 3.8) is 0 Å². The highest BCUT2D eigenvalue weighted by Crippen LogP contribution is 1.92. The van der Waals surface area contributed by atoms with E-state index in [1.807, 2.05) is 13.8 Å². The zero-order valence-electron chi connectivity index (χ0n) is 16.2. The van der Waals surface area contributed by atoms with Crippen LogP contribution in [0.5, 0.6) is 0 Å². The first-order chi connectivity index (χ1) is 12.5. The first-order valence-corrected chi connectivity index (χ1v) is 8.88. The summed E-state index contributed by atoms with van der Waals surface area (Å²) in [5, 5.41) is 23.6. The van der Waals surface area contributed by atoms with E-state index >= 15 is 0 Å². The van der Waals surface area contributed by atoms with Crippen molar-refractivity contribution >= 4 is 11.9 Å². The summed E-state index contributed by atoms with van der Waals surface area (Å²) < 4.78 is 14.5. The molecule has 0 aromatic rings. The molecule has 0 atom stereocenters. The summed E-state index contributed by atoms with van der Waals surface area (Å²) in [6.07, 6.45) is 5.35. The molecule has 0 unspecified atom stereocenters. The number of carbonyl (C=O) groups excluding carboxylic acids is 2. The van der Waals surface area contributed by atoms with Crippen molar-refractivity contribution in [3.8, 4) is 0 Å². The molecule has 0 fully saturated rings. The van der Waals surface area contributed by atoms with Crippen molar-refractivity contribution in [1.29, 1.82) is 0 Å². The van der Waals surface area contributed by atoms with Gasteiger partial charge in [-0.05, 0) is 12.8 Å². The van der Waals surface area contributed by atoms with E-state index in [4.69, 9.17) is 24.8 Å². The first-order valence-electron chi connectivity index (χ1n) is 8.88. The van der Waals surface area contributed by atoms with Gasteiger partial charge in [-0.2, -0.15) is 0 Å². The van der Waals surface area contributed by atoms with Crippen LogP contribution in [0.3, 0.4) is 0 Å². The maximum Gasteiger partial charge on any atom is 0.330 e. The number of hydrogen-bond donors (Lipinski definition) is 3. The fourth-order valence-electron chi connectivity index (χ4n) is 1.10. The Morgan fingerprint density at radius 3 is 1.81 bits per heavy atom. The van der Waals surface area contributed by atoms with Crippen molar-refractivity contribution in [2.24, 2.45) is 0 Å². The number of carbonyl (C=O) groups is 2. The van der Waals surface area contributed by atoms with Crippen LogP contribution in [-0.2, 0) is 23.8 Å². The Balaban J connectivity index is -0.000000352.